The molecule has 3 aromatic heterocycles. The maximum atomic E-state index is 5.20. The van der Waals surface area contributed by atoms with Crippen LogP contribution in [0.1, 0.15) is 5.56 Å². The van der Waals surface area contributed by atoms with Crippen LogP contribution < -0.4 is 0 Å². The zero-order chi connectivity index (χ0) is 33.9. The minimum absolute atomic E-state index is 0.651. The Kier molecular flexibility index (Phi) is 6.68. The Morgan fingerprint density at radius 2 is 0.863 bits per heavy atom. The fourth-order valence-electron chi connectivity index (χ4n) is 7.54. The van der Waals surface area contributed by atoms with Crippen LogP contribution in [0.2, 0.25) is 0 Å². The maximum Gasteiger partial charge on any atom is 0.235 e. The maximum absolute atomic E-state index is 5.20. The summed E-state index contributed by atoms with van der Waals surface area (Å²) >= 11 is 0. The average Bonchev–Trinajstić information content (AvgIpc) is 3.71. The highest BCUT2D eigenvalue weighted by atomic mass is 15.2. The average molecular weight is 653 g/mol. The lowest BCUT2D eigenvalue weighted by molar-refractivity contribution is 0.995. The van der Waals surface area contributed by atoms with Gasteiger partial charge in [0.15, 0.2) is 0 Å². The van der Waals surface area contributed by atoms with Crippen molar-refractivity contribution in [2.45, 2.75) is 6.92 Å². The van der Waals surface area contributed by atoms with E-state index in [9.17, 15) is 0 Å². The third-order valence-electron chi connectivity index (χ3n) is 10.0. The number of para-hydroxylation sites is 2. The predicted octanol–water partition coefficient (Wildman–Crippen LogP) is 12.0. The second kappa shape index (κ2) is 11.7. The lowest BCUT2D eigenvalue weighted by Gasteiger charge is -2.12. The summed E-state index contributed by atoms with van der Waals surface area (Å²) in [6, 6.07) is 62.5. The number of hydrogen-bond acceptors (Lipinski definition) is 2. The first-order valence-electron chi connectivity index (χ1n) is 17.3. The first kappa shape index (κ1) is 29.2. The molecule has 4 nitrogen and oxygen atoms in total. The van der Waals surface area contributed by atoms with Crippen molar-refractivity contribution in [3.63, 3.8) is 0 Å². The Balaban J connectivity index is 1.18. The predicted molar refractivity (Wildman–Crippen MR) is 212 cm³/mol. The highest BCUT2D eigenvalue weighted by Gasteiger charge is 2.18. The number of hydrogen-bond donors (Lipinski definition) is 0. The van der Waals surface area contributed by atoms with E-state index < -0.39 is 0 Å². The van der Waals surface area contributed by atoms with Crippen molar-refractivity contribution in [2.75, 3.05) is 0 Å². The summed E-state index contributed by atoms with van der Waals surface area (Å²) < 4.78 is 4.60. The topological polar surface area (TPSA) is 35.6 Å². The van der Waals surface area contributed by atoms with Gasteiger partial charge >= 0.3 is 0 Å². The first-order chi connectivity index (χ1) is 25.2. The van der Waals surface area contributed by atoms with Crippen LogP contribution in [-0.2, 0) is 0 Å². The quantitative estimate of drug-likeness (QED) is 0.185. The molecule has 0 saturated carbocycles. The molecule has 0 N–H and O–H groups in total. The van der Waals surface area contributed by atoms with Crippen LogP contribution in [0.15, 0.2) is 176 Å². The van der Waals surface area contributed by atoms with Gasteiger partial charge in [-0.1, -0.05) is 133 Å². The molecule has 0 radical (unpaired) electrons. The van der Waals surface area contributed by atoms with Gasteiger partial charge in [0.1, 0.15) is 0 Å². The van der Waals surface area contributed by atoms with Crippen LogP contribution >= 0.6 is 0 Å². The molecule has 7 aromatic carbocycles. The van der Waals surface area contributed by atoms with E-state index >= 15 is 0 Å². The van der Waals surface area contributed by atoms with Crippen molar-refractivity contribution in [3.05, 3.63) is 181 Å². The fourth-order valence-corrected chi connectivity index (χ4v) is 7.54. The van der Waals surface area contributed by atoms with Crippen LogP contribution in [0, 0.1) is 6.92 Å². The zero-order valence-electron chi connectivity index (χ0n) is 28.0. The summed E-state index contributed by atoms with van der Waals surface area (Å²) in [6.45, 7) is 2.13. The molecule has 0 amide bonds. The van der Waals surface area contributed by atoms with Crippen molar-refractivity contribution in [3.8, 4) is 45.3 Å². The van der Waals surface area contributed by atoms with E-state index in [1.54, 1.807) is 0 Å². The molecule has 0 aliphatic carbocycles. The lowest BCUT2D eigenvalue weighted by Crippen LogP contribution is -2.03. The highest BCUT2D eigenvalue weighted by molar-refractivity contribution is 6.12. The van der Waals surface area contributed by atoms with Crippen molar-refractivity contribution in [2.24, 2.45) is 0 Å². The van der Waals surface area contributed by atoms with E-state index in [1.165, 1.54) is 38.3 Å². The molecule has 0 aliphatic rings. The Morgan fingerprint density at radius 3 is 1.53 bits per heavy atom. The van der Waals surface area contributed by atoms with Crippen molar-refractivity contribution < 1.29 is 0 Å². The summed E-state index contributed by atoms with van der Waals surface area (Å²) in [4.78, 5) is 10.4. The Bertz CT molecular complexity index is 2840. The summed E-state index contributed by atoms with van der Waals surface area (Å²) in [7, 11) is 0. The van der Waals surface area contributed by atoms with Gasteiger partial charge in [-0.2, -0.15) is 0 Å². The summed E-state index contributed by atoms with van der Waals surface area (Å²) in [5, 5.41) is 4.83. The van der Waals surface area contributed by atoms with Gasteiger partial charge in [0.05, 0.1) is 33.5 Å². The van der Waals surface area contributed by atoms with Crippen LogP contribution in [0.3, 0.4) is 0 Å². The van der Waals surface area contributed by atoms with Crippen LogP contribution in [0.25, 0.3) is 88.9 Å². The third kappa shape index (κ3) is 4.84. The van der Waals surface area contributed by atoms with E-state index in [0.29, 0.717) is 5.95 Å². The molecular weight excluding hydrogens is 621 g/mol. The standard InChI is InChI=1S/C47H32N4/c1-31-20-24-36(25-21-31)50-43-18-10-8-16-37(43)39-26-22-35(29-46(39)50)34-23-27-45-40(28-34)38-17-9-11-19-44(38)51(45)47-48-41(32-12-4-2-5-13-32)30-42(49-47)33-14-6-3-7-15-33/h2-30H,1H3. The van der Waals surface area contributed by atoms with Crippen LogP contribution in [0.4, 0.5) is 0 Å². The number of fused-ring (bicyclic) bond motifs is 6. The minimum Gasteiger partial charge on any atom is -0.309 e. The van der Waals surface area contributed by atoms with Gasteiger partial charge in [-0.3, -0.25) is 4.57 Å². The van der Waals surface area contributed by atoms with Gasteiger partial charge in [-0.15, -0.1) is 0 Å². The molecule has 0 atom stereocenters. The van der Waals surface area contributed by atoms with Crippen molar-refractivity contribution in [1.82, 2.24) is 19.1 Å². The molecule has 10 rings (SSSR count). The summed E-state index contributed by atoms with van der Waals surface area (Å²) in [5.41, 5.74) is 13.2. The van der Waals surface area contributed by atoms with Gasteiger partial charge in [-0.25, -0.2) is 9.97 Å². The molecule has 4 heteroatoms. The number of benzene rings is 7. The molecule has 0 bridgehead atoms. The SMILES string of the molecule is Cc1ccc(-n2c3ccccc3c3ccc(-c4ccc5c(c4)c4ccccc4n5-c4nc(-c5ccccc5)cc(-c5ccccc5)n4)cc32)cc1. The first-order valence-corrected chi connectivity index (χ1v) is 17.3. The number of rotatable bonds is 5. The number of nitrogens with zero attached hydrogens (tertiary/aromatic N) is 4. The molecular formula is C47H32N4. The molecule has 0 spiro atoms. The number of aromatic nitrogens is 4. The summed E-state index contributed by atoms with van der Waals surface area (Å²) in [5.74, 6) is 0.651. The Hall–Kier alpha value is -6.78. The monoisotopic (exact) mass is 652 g/mol. The van der Waals surface area contributed by atoms with E-state index in [2.05, 4.69) is 180 Å². The minimum atomic E-state index is 0.651. The molecule has 0 aliphatic heterocycles. The van der Waals surface area contributed by atoms with E-state index in [-0.39, 0.29) is 0 Å². The van der Waals surface area contributed by atoms with Crippen molar-refractivity contribution >= 4 is 43.6 Å². The van der Waals surface area contributed by atoms with Gasteiger partial charge in [0.2, 0.25) is 5.95 Å². The molecule has 0 saturated heterocycles. The van der Waals surface area contributed by atoms with Crippen molar-refractivity contribution in [1.29, 1.82) is 0 Å². The van der Waals surface area contributed by atoms with Gasteiger partial charge < -0.3 is 4.57 Å². The second-order valence-corrected chi connectivity index (χ2v) is 13.2. The third-order valence-corrected chi connectivity index (χ3v) is 10.0. The van der Waals surface area contributed by atoms with E-state index in [1.807, 2.05) is 12.1 Å². The van der Waals surface area contributed by atoms with E-state index in [0.717, 1.165) is 50.2 Å². The molecule has 51 heavy (non-hydrogen) atoms. The van der Waals surface area contributed by atoms with Crippen LogP contribution in [-0.4, -0.2) is 19.1 Å². The molecule has 0 fully saturated rings. The van der Waals surface area contributed by atoms with Crippen LogP contribution in [0.5, 0.6) is 0 Å². The smallest absolute Gasteiger partial charge is 0.235 e. The lowest BCUT2D eigenvalue weighted by atomic mass is 10.0. The molecule has 3 heterocycles. The highest BCUT2D eigenvalue weighted by Crippen LogP contribution is 2.38. The fraction of sp³-hybridized carbons (Fsp3) is 0.0213. The van der Waals surface area contributed by atoms with Gasteiger partial charge in [0, 0.05) is 38.4 Å². The molecule has 0 unspecified atom stereocenters. The Labute approximate surface area is 295 Å². The second-order valence-electron chi connectivity index (χ2n) is 13.2. The summed E-state index contributed by atoms with van der Waals surface area (Å²) in [6.07, 6.45) is 0. The Morgan fingerprint density at radius 1 is 0.353 bits per heavy atom. The normalized spacial score (nSPS) is 11.6. The van der Waals surface area contributed by atoms with Gasteiger partial charge in [0.25, 0.3) is 0 Å². The molecule has 10 aromatic rings. The zero-order valence-corrected chi connectivity index (χ0v) is 28.0. The number of aryl methyl sites for hydroxylation is 1. The molecule has 240 valence electrons. The van der Waals surface area contributed by atoms with E-state index in [4.69, 9.17) is 9.97 Å². The van der Waals surface area contributed by atoms with Gasteiger partial charge in [-0.05, 0) is 66.6 Å². The largest absolute Gasteiger partial charge is 0.309 e.